The highest BCUT2D eigenvalue weighted by Crippen LogP contribution is 2.28. The van der Waals surface area contributed by atoms with E-state index in [0.717, 1.165) is 16.7 Å². The first-order chi connectivity index (χ1) is 14.0. The summed E-state index contributed by atoms with van der Waals surface area (Å²) in [6.07, 6.45) is 0. The van der Waals surface area contributed by atoms with E-state index >= 15 is 0 Å². The zero-order valence-electron chi connectivity index (χ0n) is 16.2. The van der Waals surface area contributed by atoms with Gasteiger partial charge in [-0.05, 0) is 35.7 Å². The number of hydrogen-bond donors (Lipinski definition) is 2. The number of carbonyl (C=O) groups excluding carboxylic acids is 2. The van der Waals surface area contributed by atoms with Gasteiger partial charge in [-0.2, -0.15) is 0 Å². The van der Waals surface area contributed by atoms with Crippen LogP contribution in [-0.2, 0) is 16.1 Å². The summed E-state index contributed by atoms with van der Waals surface area (Å²) in [4.78, 5) is 27.2. The number of nitrogens with two attached hydrogens (primary N) is 1. The summed E-state index contributed by atoms with van der Waals surface area (Å²) < 4.78 is 0. The standard InChI is InChI=1S/C24H24N2O3/c1-17(23(25)28)26(16-18-12-14-21(27)15-13-18)24(29)22(19-8-4-2-5-9-19)20-10-6-3-7-11-20/h2-15,17,22,27H,16H2,1H3,(H2,25,28)/t17-/m0/s1. The van der Waals surface area contributed by atoms with Crippen LogP contribution in [0.5, 0.6) is 5.75 Å². The highest BCUT2D eigenvalue weighted by atomic mass is 16.3. The lowest BCUT2D eigenvalue weighted by Gasteiger charge is -2.31. The molecule has 29 heavy (non-hydrogen) atoms. The second-order valence-corrected chi connectivity index (χ2v) is 6.97. The van der Waals surface area contributed by atoms with E-state index in [1.165, 1.54) is 4.90 Å². The van der Waals surface area contributed by atoms with Gasteiger partial charge in [0.2, 0.25) is 11.8 Å². The van der Waals surface area contributed by atoms with E-state index in [4.69, 9.17) is 5.73 Å². The molecule has 2 amide bonds. The molecule has 0 unspecified atom stereocenters. The number of phenols is 1. The molecular weight excluding hydrogens is 364 g/mol. The Hall–Kier alpha value is -3.60. The van der Waals surface area contributed by atoms with Crippen LogP contribution >= 0.6 is 0 Å². The normalized spacial score (nSPS) is 11.8. The molecule has 3 aromatic rings. The fourth-order valence-corrected chi connectivity index (χ4v) is 3.29. The Morgan fingerprint density at radius 1 is 0.862 bits per heavy atom. The number of phenolic OH excluding ortho intramolecular Hbond substituents is 1. The molecule has 0 aliphatic rings. The molecule has 0 aliphatic heterocycles. The van der Waals surface area contributed by atoms with Crippen LogP contribution in [-0.4, -0.2) is 27.9 Å². The summed E-state index contributed by atoms with van der Waals surface area (Å²) >= 11 is 0. The largest absolute Gasteiger partial charge is 0.508 e. The topological polar surface area (TPSA) is 83.6 Å². The molecule has 5 nitrogen and oxygen atoms in total. The van der Waals surface area contributed by atoms with Crippen LogP contribution in [0.2, 0.25) is 0 Å². The highest BCUT2D eigenvalue weighted by molar-refractivity contribution is 5.91. The Balaban J connectivity index is 2.02. The molecule has 0 aliphatic carbocycles. The Morgan fingerprint density at radius 2 is 1.34 bits per heavy atom. The van der Waals surface area contributed by atoms with Gasteiger partial charge in [-0.15, -0.1) is 0 Å². The lowest BCUT2D eigenvalue weighted by Crippen LogP contribution is -2.47. The van der Waals surface area contributed by atoms with Crippen LogP contribution in [0, 0.1) is 0 Å². The summed E-state index contributed by atoms with van der Waals surface area (Å²) in [5.41, 5.74) is 8.04. The predicted octanol–water partition coefficient (Wildman–Crippen LogP) is 3.43. The van der Waals surface area contributed by atoms with E-state index in [0.29, 0.717) is 0 Å². The molecule has 0 heterocycles. The summed E-state index contributed by atoms with van der Waals surface area (Å²) in [7, 11) is 0. The minimum Gasteiger partial charge on any atom is -0.508 e. The van der Waals surface area contributed by atoms with Gasteiger partial charge in [0.05, 0.1) is 5.92 Å². The van der Waals surface area contributed by atoms with Crippen molar-refractivity contribution < 1.29 is 14.7 Å². The fourth-order valence-electron chi connectivity index (χ4n) is 3.29. The number of benzene rings is 3. The van der Waals surface area contributed by atoms with Gasteiger partial charge < -0.3 is 15.7 Å². The monoisotopic (exact) mass is 388 g/mol. The average Bonchev–Trinajstić information content (AvgIpc) is 2.74. The predicted molar refractivity (Wildman–Crippen MR) is 112 cm³/mol. The third-order valence-electron chi connectivity index (χ3n) is 4.96. The number of aromatic hydroxyl groups is 1. The van der Waals surface area contributed by atoms with Gasteiger partial charge >= 0.3 is 0 Å². The Bertz CT molecular complexity index is 917. The van der Waals surface area contributed by atoms with Crippen molar-refractivity contribution in [1.29, 1.82) is 0 Å². The van der Waals surface area contributed by atoms with E-state index < -0.39 is 17.9 Å². The first-order valence-corrected chi connectivity index (χ1v) is 9.45. The van der Waals surface area contributed by atoms with Crippen molar-refractivity contribution in [2.24, 2.45) is 5.73 Å². The van der Waals surface area contributed by atoms with Crippen LogP contribution in [0.15, 0.2) is 84.9 Å². The molecule has 0 fully saturated rings. The Morgan fingerprint density at radius 3 is 1.79 bits per heavy atom. The Labute approximate surface area is 170 Å². The third kappa shape index (κ3) is 4.82. The van der Waals surface area contributed by atoms with E-state index in [-0.39, 0.29) is 18.2 Å². The lowest BCUT2D eigenvalue weighted by atomic mass is 9.89. The van der Waals surface area contributed by atoms with Crippen molar-refractivity contribution in [2.75, 3.05) is 0 Å². The van der Waals surface area contributed by atoms with Gasteiger partial charge in [-0.3, -0.25) is 9.59 Å². The van der Waals surface area contributed by atoms with Gasteiger partial charge in [0.1, 0.15) is 11.8 Å². The maximum absolute atomic E-state index is 13.7. The molecule has 0 saturated carbocycles. The maximum atomic E-state index is 13.7. The zero-order valence-corrected chi connectivity index (χ0v) is 16.2. The van der Waals surface area contributed by atoms with Crippen molar-refractivity contribution in [3.05, 3.63) is 102 Å². The first kappa shape index (κ1) is 20.1. The lowest BCUT2D eigenvalue weighted by molar-refractivity contribution is -0.140. The summed E-state index contributed by atoms with van der Waals surface area (Å²) in [6, 6.07) is 24.8. The van der Waals surface area contributed by atoms with Crippen molar-refractivity contribution in [2.45, 2.75) is 25.4 Å². The molecular formula is C24H24N2O3. The number of hydrogen-bond acceptors (Lipinski definition) is 3. The highest BCUT2D eigenvalue weighted by Gasteiger charge is 2.32. The van der Waals surface area contributed by atoms with Crippen LogP contribution in [0.1, 0.15) is 29.5 Å². The molecule has 5 heteroatoms. The van der Waals surface area contributed by atoms with E-state index in [1.807, 2.05) is 60.7 Å². The van der Waals surface area contributed by atoms with Crippen molar-refractivity contribution in [3.8, 4) is 5.75 Å². The van der Waals surface area contributed by atoms with Gasteiger partial charge in [0.25, 0.3) is 0 Å². The van der Waals surface area contributed by atoms with Crippen LogP contribution in [0.25, 0.3) is 0 Å². The molecule has 148 valence electrons. The first-order valence-electron chi connectivity index (χ1n) is 9.45. The molecule has 1 atom stereocenters. The molecule has 3 rings (SSSR count). The second-order valence-electron chi connectivity index (χ2n) is 6.97. The van der Waals surface area contributed by atoms with E-state index in [1.54, 1.807) is 31.2 Å². The molecule has 0 saturated heterocycles. The SMILES string of the molecule is C[C@@H](C(N)=O)N(Cc1ccc(O)cc1)C(=O)C(c1ccccc1)c1ccccc1. The molecule has 3 aromatic carbocycles. The van der Waals surface area contributed by atoms with Crippen molar-refractivity contribution >= 4 is 11.8 Å². The van der Waals surface area contributed by atoms with E-state index in [9.17, 15) is 14.7 Å². The molecule has 0 spiro atoms. The van der Waals surface area contributed by atoms with E-state index in [2.05, 4.69) is 0 Å². The van der Waals surface area contributed by atoms with Crippen LogP contribution in [0.4, 0.5) is 0 Å². The van der Waals surface area contributed by atoms with Crippen LogP contribution < -0.4 is 5.73 Å². The number of nitrogens with zero attached hydrogens (tertiary/aromatic N) is 1. The second kappa shape index (κ2) is 9.06. The van der Waals surface area contributed by atoms with Crippen LogP contribution in [0.3, 0.4) is 0 Å². The summed E-state index contributed by atoms with van der Waals surface area (Å²) in [6.45, 7) is 1.84. The summed E-state index contributed by atoms with van der Waals surface area (Å²) in [5.74, 6) is -1.20. The molecule has 0 aromatic heterocycles. The number of amides is 2. The van der Waals surface area contributed by atoms with Crippen molar-refractivity contribution in [1.82, 2.24) is 4.90 Å². The average molecular weight is 388 g/mol. The maximum Gasteiger partial charge on any atom is 0.239 e. The molecule has 3 N–H and O–H groups in total. The molecule has 0 radical (unpaired) electrons. The quantitative estimate of drug-likeness (QED) is 0.650. The number of carbonyl (C=O) groups is 2. The van der Waals surface area contributed by atoms with Gasteiger partial charge in [-0.1, -0.05) is 72.8 Å². The Kier molecular flexibility index (Phi) is 6.29. The number of primary amides is 1. The van der Waals surface area contributed by atoms with Gasteiger partial charge in [-0.25, -0.2) is 0 Å². The number of rotatable bonds is 7. The zero-order chi connectivity index (χ0) is 20.8. The van der Waals surface area contributed by atoms with Gasteiger partial charge in [0.15, 0.2) is 0 Å². The fraction of sp³-hybridized carbons (Fsp3) is 0.167. The minimum absolute atomic E-state index is 0.140. The minimum atomic E-state index is -0.786. The van der Waals surface area contributed by atoms with Gasteiger partial charge in [0, 0.05) is 6.54 Å². The smallest absolute Gasteiger partial charge is 0.239 e. The third-order valence-corrected chi connectivity index (χ3v) is 4.96. The summed E-state index contributed by atoms with van der Waals surface area (Å²) in [5, 5.41) is 9.53. The molecule has 0 bridgehead atoms. The van der Waals surface area contributed by atoms with Crippen molar-refractivity contribution in [3.63, 3.8) is 0 Å².